The monoisotopic (exact) mass is 278 g/mol. The zero-order valence-electron chi connectivity index (χ0n) is 12.0. The first-order valence-electron chi connectivity index (χ1n) is 7.20. The van der Waals surface area contributed by atoms with Gasteiger partial charge in [0.25, 0.3) is 0 Å². The number of fused-ring (bicyclic) bond motifs is 1. The van der Waals surface area contributed by atoms with Crippen LogP contribution in [0.15, 0.2) is 60.7 Å². The Morgan fingerprint density at radius 1 is 1.38 bits per heavy atom. The predicted octanol–water partition coefficient (Wildman–Crippen LogP) is 4.11. The molecule has 0 fully saturated rings. The van der Waals surface area contributed by atoms with Crippen LogP contribution in [0.25, 0.3) is 6.08 Å². The highest BCUT2D eigenvalue weighted by Crippen LogP contribution is 2.43. The van der Waals surface area contributed by atoms with E-state index in [2.05, 4.69) is 30.4 Å². The second kappa shape index (κ2) is 5.21. The van der Waals surface area contributed by atoms with Gasteiger partial charge in [0.05, 0.1) is 0 Å². The number of aliphatic carboxylic acids is 1. The molecule has 0 saturated heterocycles. The molecule has 0 aliphatic heterocycles. The second-order valence-electron chi connectivity index (χ2n) is 5.52. The summed E-state index contributed by atoms with van der Waals surface area (Å²) in [5.74, 6) is -1.00. The fourth-order valence-electron chi connectivity index (χ4n) is 3.21. The number of hydrogen-bond acceptors (Lipinski definition) is 1. The number of carboxylic acids is 1. The molecule has 2 aliphatic carbocycles. The van der Waals surface area contributed by atoms with Crippen LogP contribution in [0.5, 0.6) is 0 Å². The van der Waals surface area contributed by atoms with E-state index in [1.54, 1.807) is 12.2 Å². The van der Waals surface area contributed by atoms with E-state index in [0.29, 0.717) is 0 Å². The van der Waals surface area contributed by atoms with Gasteiger partial charge in [0, 0.05) is 5.92 Å². The van der Waals surface area contributed by atoms with E-state index in [9.17, 15) is 9.90 Å². The summed E-state index contributed by atoms with van der Waals surface area (Å²) in [6.45, 7) is 1.86. The van der Waals surface area contributed by atoms with Crippen LogP contribution in [0.1, 0.15) is 29.5 Å². The fourth-order valence-corrected chi connectivity index (χ4v) is 3.21. The summed E-state index contributed by atoms with van der Waals surface area (Å²) in [5, 5.41) is 9.79. The van der Waals surface area contributed by atoms with Crippen LogP contribution in [-0.4, -0.2) is 11.1 Å². The van der Waals surface area contributed by atoms with E-state index in [1.165, 1.54) is 11.1 Å². The van der Waals surface area contributed by atoms with Crippen molar-refractivity contribution in [3.8, 4) is 0 Å². The van der Waals surface area contributed by atoms with Crippen molar-refractivity contribution in [3.63, 3.8) is 0 Å². The van der Waals surface area contributed by atoms with Crippen molar-refractivity contribution in [1.29, 1.82) is 0 Å². The van der Waals surface area contributed by atoms with Crippen molar-refractivity contribution in [1.82, 2.24) is 0 Å². The molecule has 1 N–H and O–H groups in total. The number of benzene rings is 1. The van der Waals surface area contributed by atoms with Gasteiger partial charge in [0.2, 0.25) is 0 Å². The summed E-state index contributed by atoms with van der Waals surface area (Å²) >= 11 is 0. The molecule has 2 aliphatic rings. The predicted molar refractivity (Wildman–Crippen MR) is 85.1 cm³/mol. The van der Waals surface area contributed by atoms with Crippen molar-refractivity contribution in [3.05, 3.63) is 77.4 Å². The van der Waals surface area contributed by atoms with Gasteiger partial charge in [-0.2, -0.15) is 0 Å². The molecule has 2 atom stereocenters. The van der Waals surface area contributed by atoms with Crippen molar-refractivity contribution in [2.75, 3.05) is 0 Å². The average molecular weight is 278 g/mol. The van der Waals surface area contributed by atoms with Crippen molar-refractivity contribution in [2.45, 2.75) is 19.3 Å². The third-order valence-corrected chi connectivity index (χ3v) is 4.28. The Morgan fingerprint density at radius 2 is 2.24 bits per heavy atom. The van der Waals surface area contributed by atoms with E-state index in [4.69, 9.17) is 0 Å². The van der Waals surface area contributed by atoms with Gasteiger partial charge in [0.1, 0.15) is 5.41 Å². The molecule has 0 heterocycles. The molecule has 1 aromatic carbocycles. The van der Waals surface area contributed by atoms with E-state index in [0.717, 1.165) is 12.0 Å². The maximum absolute atomic E-state index is 11.9. The summed E-state index contributed by atoms with van der Waals surface area (Å²) in [7, 11) is 0. The smallest absolute Gasteiger partial charge is 0.318 e. The first kappa shape index (κ1) is 13.6. The summed E-state index contributed by atoms with van der Waals surface area (Å²) in [4.78, 5) is 11.9. The Balaban J connectivity index is 2.10. The highest BCUT2D eigenvalue weighted by Gasteiger charge is 2.42. The molecular formula is C19H18O2. The van der Waals surface area contributed by atoms with E-state index in [1.807, 2.05) is 31.2 Å². The Bertz CT molecular complexity index is 692. The van der Waals surface area contributed by atoms with E-state index < -0.39 is 11.4 Å². The highest BCUT2D eigenvalue weighted by atomic mass is 16.4. The van der Waals surface area contributed by atoms with E-state index in [-0.39, 0.29) is 5.92 Å². The third kappa shape index (κ3) is 2.17. The number of carboxylic acid groups (broad SMARTS) is 1. The molecular weight excluding hydrogens is 260 g/mol. The van der Waals surface area contributed by atoms with Gasteiger partial charge < -0.3 is 5.11 Å². The third-order valence-electron chi connectivity index (χ3n) is 4.28. The molecule has 0 bridgehead atoms. The average Bonchev–Trinajstić information content (AvgIpc) is 2.95. The van der Waals surface area contributed by atoms with Gasteiger partial charge >= 0.3 is 5.97 Å². The van der Waals surface area contributed by atoms with Crippen LogP contribution < -0.4 is 0 Å². The molecule has 0 saturated carbocycles. The van der Waals surface area contributed by atoms with Crippen LogP contribution in [-0.2, 0) is 11.2 Å². The van der Waals surface area contributed by atoms with Crippen LogP contribution in [0.2, 0.25) is 0 Å². The zero-order chi connectivity index (χ0) is 14.9. The molecule has 0 spiro atoms. The van der Waals surface area contributed by atoms with Crippen molar-refractivity contribution in [2.24, 2.45) is 5.41 Å². The largest absolute Gasteiger partial charge is 0.480 e. The second-order valence-corrected chi connectivity index (χ2v) is 5.52. The molecule has 2 heteroatoms. The SMILES string of the molecule is CC=CC1(C(=O)O)C=CC=CC1c1ccc2c(c1)C=CC2. The summed E-state index contributed by atoms with van der Waals surface area (Å²) in [6.07, 6.45) is 16.3. The van der Waals surface area contributed by atoms with Gasteiger partial charge in [-0.05, 0) is 30.0 Å². The Hall–Kier alpha value is -2.35. The molecule has 106 valence electrons. The zero-order valence-corrected chi connectivity index (χ0v) is 12.0. The Morgan fingerprint density at radius 3 is 3.00 bits per heavy atom. The van der Waals surface area contributed by atoms with E-state index >= 15 is 0 Å². The topological polar surface area (TPSA) is 37.3 Å². The fraction of sp³-hybridized carbons (Fsp3) is 0.211. The lowest BCUT2D eigenvalue weighted by Crippen LogP contribution is -2.34. The molecule has 2 nitrogen and oxygen atoms in total. The molecule has 0 radical (unpaired) electrons. The first-order chi connectivity index (χ1) is 10.2. The molecule has 21 heavy (non-hydrogen) atoms. The standard InChI is InChI=1S/C19H18O2/c1-2-11-19(18(20)21)12-4-3-8-17(19)16-10-9-14-6-5-7-15(14)13-16/h2-5,7-13,17H,6H2,1H3,(H,20,21). The lowest BCUT2D eigenvalue weighted by molar-refractivity contribution is -0.144. The number of carbonyl (C=O) groups is 1. The maximum Gasteiger partial charge on any atom is 0.318 e. The summed E-state index contributed by atoms with van der Waals surface area (Å²) in [5.41, 5.74) is 2.55. The number of rotatable bonds is 3. The quantitative estimate of drug-likeness (QED) is 0.845. The maximum atomic E-state index is 11.9. The van der Waals surface area contributed by atoms with Crippen molar-refractivity contribution < 1.29 is 9.90 Å². The lowest BCUT2D eigenvalue weighted by Gasteiger charge is -2.32. The molecule has 2 unspecified atom stereocenters. The number of allylic oxidation sites excluding steroid dienone is 5. The van der Waals surface area contributed by atoms with Crippen LogP contribution in [0, 0.1) is 5.41 Å². The Labute approximate surface area is 124 Å². The van der Waals surface area contributed by atoms with Gasteiger partial charge in [-0.3, -0.25) is 4.79 Å². The van der Waals surface area contributed by atoms with Crippen molar-refractivity contribution >= 4 is 12.0 Å². The van der Waals surface area contributed by atoms with Gasteiger partial charge in [-0.1, -0.05) is 66.8 Å². The minimum atomic E-state index is -1.000. The Kier molecular flexibility index (Phi) is 3.38. The van der Waals surface area contributed by atoms with Gasteiger partial charge in [-0.25, -0.2) is 0 Å². The number of hydrogen-bond donors (Lipinski definition) is 1. The van der Waals surface area contributed by atoms with Gasteiger partial charge in [0.15, 0.2) is 0 Å². The molecule has 0 aromatic heterocycles. The minimum Gasteiger partial charge on any atom is -0.480 e. The molecule has 1 aromatic rings. The minimum absolute atomic E-state index is 0.185. The van der Waals surface area contributed by atoms with Crippen LogP contribution in [0.4, 0.5) is 0 Å². The molecule has 0 amide bonds. The molecule has 3 rings (SSSR count). The lowest BCUT2D eigenvalue weighted by atomic mass is 9.69. The first-order valence-corrected chi connectivity index (χ1v) is 7.20. The normalized spacial score (nSPS) is 26.4. The highest BCUT2D eigenvalue weighted by molar-refractivity contribution is 5.82. The summed E-state index contributed by atoms with van der Waals surface area (Å²) in [6, 6.07) is 6.29. The van der Waals surface area contributed by atoms with Gasteiger partial charge in [-0.15, -0.1) is 0 Å². The van der Waals surface area contributed by atoms with Crippen LogP contribution >= 0.6 is 0 Å². The van der Waals surface area contributed by atoms with Crippen LogP contribution in [0.3, 0.4) is 0 Å². The summed E-state index contributed by atoms with van der Waals surface area (Å²) < 4.78 is 0.